The Morgan fingerprint density at radius 3 is 2.66 bits per heavy atom. The van der Waals surface area contributed by atoms with Crippen molar-refractivity contribution in [3.63, 3.8) is 0 Å². The lowest BCUT2D eigenvalue weighted by atomic mass is 9.98. The van der Waals surface area contributed by atoms with Gasteiger partial charge in [-0.2, -0.15) is 0 Å². The van der Waals surface area contributed by atoms with Gasteiger partial charge in [0.1, 0.15) is 18.0 Å². The summed E-state index contributed by atoms with van der Waals surface area (Å²) < 4.78 is 17.6. The summed E-state index contributed by atoms with van der Waals surface area (Å²) in [5.41, 5.74) is 1.82. The van der Waals surface area contributed by atoms with E-state index in [0.717, 1.165) is 5.69 Å². The number of ether oxygens (including phenoxy) is 2. The second-order valence-corrected chi connectivity index (χ2v) is 8.12. The van der Waals surface area contributed by atoms with Crippen LogP contribution >= 0.6 is 0 Å². The summed E-state index contributed by atoms with van der Waals surface area (Å²) in [5.74, 6) is 1.09. The Balaban J connectivity index is 1.75. The number of anilines is 1. The normalized spacial score (nSPS) is 14.7. The molecule has 0 bridgehead atoms. The van der Waals surface area contributed by atoms with Crippen LogP contribution in [0.5, 0.6) is 11.5 Å². The standard InChI is InChI=1S/C28H24N2O5/c1-4-15-34-21-14-13-18(16-22(21)33-5-2)25-24-26(31)19-10-6-7-11-20(19)35-27(24)28(32)30(25)23-12-8-9-17(3)29-23/h4,6-14,16,25H,1,5,15H2,2-3H3. The number of hydrogen-bond acceptors (Lipinski definition) is 6. The monoisotopic (exact) mass is 468 g/mol. The molecule has 0 aliphatic carbocycles. The molecule has 0 saturated heterocycles. The lowest BCUT2D eigenvalue weighted by Crippen LogP contribution is -2.30. The second-order valence-electron chi connectivity index (χ2n) is 8.12. The molecule has 7 nitrogen and oxygen atoms in total. The topological polar surface area (TPSA) is 81.9 Å². The third-order valence-electron chi connectivity index (χ3n) is 5.84. The number of carbonyl (C=O) groups is 1. The number of aromatic nitrogens is 1. The molecule has 7 heteroatoms. The maximum absolute atomic E-state index is 13.7. The summed E-state index contributed by atoms with van der Waals surface area (Å²) in [4.78, 5) is 33.5. The predicted molar refractivity (Wildman–Crippen MR) is 133 cm³/mol. The Morgan fingerprint density at radius 1 is 1.06 bits per heavy atom. The molecule has 1 atom stereocenters. The Labute approximate surface area is 202 Å². The van der Waals surface area contributed by atoms with Gasteiger partial charge in [-0.05, 0) is 55.8 Å². The van der Waals surface area contributed by atoms with Crippen LogP contribution < -0.4 is 19.8 Å². The van der Waals surface area contributed by atoms with Crippen LogP contribution in [-0.4, -0.2) is 24.1 Å². The average molecular weight is 469 g/mol. The summed E-state index contributed by atoms with van der Waals surface area (Å²) >= 11 is 0. The van der Waals surface area contributed by atoms with Crippen LogP contribution in [0, 0.1) is 6.92 Å². The number of amides is 1. The van der Waals surface area contributed by atoms with Gasteiger partial charge in [-0.3, -0.25) is 14.5 Å². The van der Waals surface area contributed by atoms with Crippen molar-refractivity contribution in [3.8, 4) is 11.5 Å². The molecule has 0 saturated carbocycles. The Kier molecular flexibility index (Phi) is 5.82. The van der Waals surface area contributed by atoms with E-state index in [2.05, 4.69) is 11.6 Å². The van der Waals surface area contributed by atoms with Crippen molar-refractivity contribution >= 4 is 22.7 Å². The zero-order chi connectivity index (χ0) is 24.5. The molecular weight excluding hydrogens is 444 g/mol. The van der Waals surface area contributed by atoms with E-state index in [1.54, 1.807) is 48.5 Å². The first-order valence-corrected chi connectivity index (χ1v) is 11.4. The first-order chi connectivity index (χ1) is 17.0. The van der Waals surface area contributed by atoms with Crippen LogP contribution in [0.2, 0.25) is 0 Å². The predicted octanol–water partition coefficient (Wildman–Crippen LogP) is 5.21. The summed E-state index contributed by atoms with van der Waals surface area (Å²) in [6, 6.07) is 17.0. The third-order valence-corrected chi connectivity index (χ3v) is 5.84. The van der Waals surface area contributed by atoms with E-state index in [-0.39, 0.29) is 16.8 Å². The van der Waals surface area contributed by atoms with Crippen LogP contribution in [0.15, 0.2) is 82.5 Å². The molecule has 2 aromatic carbocycles. The van der Waals surface area contributed by atoms with E-state index in [0.29, 0.717) is 47.1 Å². The van der Waals surface area contributed by atoms with Crippen LogP contribution in [0.3, 0.4) is 0 Å². The van der Waals surface area contributed by atoms with E-state index in [9.17, 15) is 9.59 Å². The molecule has 3 heterocycles. The van der Waals surface area contributed by atoms with Gasteiger partial charge in [0.05, 0.1) is 23.6 Å². The molecule has 176 valence electrons. The summed E-state index contributed by atoms with van der Waals surface area (Å²) in [7, 11) is 0. The molecule has 0 fully saturated rings. The summed E-state index contributed by atoms with van der Waals surface area (Å²) in [5, 5.41) is 0.416. The highest BCUT2D eigenvalue weighted by atomic mass is 16.5. The molecule has 0 N–H and O–H groups in total. The Bertz CT molecular complexity index is 1510. The number of carbonyl (C=O) groups excluding carboxylic acids is 1. The highest BCUT2D eigenvalue weighted by molar-refractivity contribution is 6.10. The van der Waals surface area contributed by atoms with Crippen LogP contribution in [-0.2, 0) is 0 Å². The molecule has 5 rings (SSSR count). The minimum absolute atomic E-state index is 0.0203. The lowest BCUT2D eigenvalue weighted by Gasteiger charge is -2.25. The van der Waals surface area contributed by atoms with Gasteiger partial charge in [0, 0.05) is 5.69 Å². The highest BCUT2D eigenvalue weighted by Gasteiger charge is 2.44. The Morgan fingerprint density at radius 2 is 1.89 bits per heavy atom. The van der Waals surface area contributed by atoms with Gasteiger partial charge < -0.3 is 13.9 Å². The molecule has 35 heavy (non-hydrogen) atoms. The fraction of sp³-hybridized carbons (Fsp3) is 0.179. The van der Waals surface area contributed by atoms with E-state index in [1.807, 2.05) is 32.0 Å². The van der Waals surface area contributed by atoms with Crippen LogP contribution in [0.4, 0.5) is 5.82 Å². The molecule has 1 aliphatic rings. The first-order valence-electron chi connectivity index (χ1n) is 11.4. The fourth-order valence-corrected chi connectivity index (χ4v) is 4.37. The number of aryl methyl sites for hydroxylation is 1. The maximum atomic E-state index is 13.7. The number of nitrogens with zero attached hydrogens (tertiary/aromatic N) is 2. The van der Waals surface area contributed by atoms with Crippen LogP contribution in [0.1, 0.15) is 40.3 Å². The molecule has 1 unspecified atom stereocenters. The summed E-state index contributed by atoms with van der Waals surface area (Å²) in [6.07, 6.45) is 1.65. The Hall–Kier alpha value is -4.39. The van der Waals surface area contributed by atoms with Crippen molar-refractivity contribution in [2.45, 2.75) is 19.9 Å². The van der Waals surface area contributed by atoms with Crippen LogP contribution in [0.25, 0.3) is 11.0 Å². The second kappa shape index (κ2) is 9.10. The van der Waals surface area contributed by atoms with E-state index >= 15 is 0 Å². The molecular formula is C28H24N2O5. The zero-order valence-electron chi connectivity index (χ0n) is 19.5. The third kappa shape index (κ3) is 3.85. The quantitative estimate of drug-likeness (QED) is 0.346. The van der Waals surface area contributed by atoms with Gasteiger partial charge in [0.15, 0.2) is 16.9 Å². The SMILES string of the molecule is C=CCOc1ccc(C2c3c(oc4ccccc4c3=O)C(=O)N2c2cccc(C)n2)cc1OCC. The van der Waals surface area contributed by atoms with Gasteiger partial charge in [-0.15, -0.1) is 0 Å². The van der Waals surface area contributed by atoms with E-state index in [4.69, 9.17) is 13.9 Å². The largest absolute Gasteiger partial charge is 0.490 e. The number of pyridine rings is 1. The maximum Gasteiger partial charge on any atom is 0.296 e. The van der Waals surface area contributed by atoms with Gasteiger partial charge >= 0.3 is 0 Å². The minimum atomic E-state index is -0.750. The van der Waals surface area contributed by atoms with Gasteiger partial charge in [0.2, 0.25) is 5.76 Å². The molecule has 0 spiro atoms. The first kappa shape index (κ1) is 22.4. The lowest BCUT2D eigenvalue weighted by molar-refractivity contribution is 0.0970. The minimum Gasteiger partial charge on any atom is -0.490 e. The van der Waals surface area contributed by atoms with Gasteiger partial charge in [-0.25, -0.2) is 4.98 Å². The fourth-order valence-electron chi connectivity index (χ4n) is 4.37. The number of rotatable bonds is 7. The summed E-state index contributed by atoms with van der Waals surface area (Å²) in [6.45, 7) is 8.15. The van der Waals surface area contributed by atoms with Crippen molar-refractivity contribution < 1.29 is 18.7 Å². The van der Waals surface area contributed by atoms with Crippen molar-refractivity contribution in [1.82, 2.24) is 4.98 Å². The molecule has 0 radical (unpaired) electrons. The number of fused-ring (bicyclic) bond motifs is 2. The molecule has 1 amide bonds. The van der Waals surface area contributed by atoms with Gasteiger partial charge in [-0.1, -0.05) is 36.9 Å². The smallest absolute Gasteiger partial charge is 0.296 e. The van der Waals surface area contributed by atoms with Crippen molar-refractivity contribution in [2.75, 3.05) is 18.1 Å². The average Bonchev–Trinajstić information content (AvgIpc) is 3.16. The number of para-hydroxylation sites is 1. The molecule has 1 aliphatic heterocycles. The van der Waals surface area contributed by atoms with E-state index < -0.39 is 11.9 Å². The number of benzene rings is 2. The molecule has 2 aromatic heterocycles. The van der Waals surface area contributed by atoms with Crippen molar-refractivity contribution in [3.05, 3.63) is 106 Å². The van der Waals surface area contributed by atoms with Gasteiger partial charge in [0.25, 0.3) is 5.91 Å². The van der Waals surface area contributed by atoms with E-state index in [1.165, 1.54) is 4.90 Å². The highest BCUT2D eigenvalue weighted by Crippen LogP contribution is 2.42. The van der Waals surface area contributed by atoms with Crippen molar-refractivity contribution in [2.24, 2.45) is 0 Å². The molecule has 4 aromatic rings. The zero-order valence-corrected chi connectivity index (χ0v) is 19.5. The van der Waals surface area contributed by atoms with Crippen molar-refractivity contribution in [1.29, 1.82) is 0 Å². The number of hydrogen-bond donors (Lipinski definition) is 0.